The molecule has 2 amide bonds. The molecule has 1 saturated heterocycles. The molecule has 8 nitrogen and oxygen atoms in total. The number of hydrogen-bond donors (Lipinski definition) is 2. The van der Waals surface area contributed by atoms with Gasteiger partial charge in [0.25, 0.3) is 0 Å². The van der Waals surface area contributed by atoms with Crippen LogP contribution in [0.25, 0.3) is 0 Å². The lowest BCUT2D eigenvalue weighted by molar-refractivity contribution is -0.138. The van der Waals surface area contributed by atoms with Crippen LogP contribution in [0, 0.1) is 5.92 Å². The van der Waals surface area contributed by atoms with Crippen molar-refractivity contribution < 1.29 is 19.5 Å². The Morgan fingerprint density at radius 2 is 1.96 bits per heavy atom. The number of carboxylic acids is 1. The summed E-state index contributed by atoms with van der Waals surface area (Å²) in [7, 11) is 0. The number of amides is 2. The minimum Gasteiger partial charge on any atom is -0.480 e. The van der Waals surface area contributed by atoms with E-state index in [4.69, 9.17) is 5.11 Å². The molecule has 3 rings (SSSR count). The van der Waals surface area contributed by atoms with Gasteiger partial charge in [-0.2, -0.15) is 5.10 Å². The molecule has 1 atom stereocenters. The van der Waals surface area contributed by atoms with Gasteiger partial charge in [-0.1, -0.05) is 30.3 Å². The summed E-state index contributed by atoms with van der Waals surface area (Å²) in [6, 6.07) is 11.1. The Labute approximate surface area is 156 Å². The average molecular weight is 370 g/mol. The SMILES string of the molecule is O=C(O)Cn1ccc(NC(=O)C2CCCN(C(=O)Cc3ccccc3)C2)n1. The van der Waals surface area contributed by atoms with Gasteiger partial charge < -0.3 is 15.3 Å². The van der Waals surface area contributed by atoms with Gasteiger partial charge >= 0.3 is 5.97 Å². The molecule has 1 aromatic carbocycles. The number of hydrogen-bond acceptors (Lipinski definition) is 4. The highest BCUT2D eigenvalue weighted by atomic mass is 16.4. The molecule has 1 aliphatic heterocycles. The molecule has 0 radical (unpaired) electrons. The molecule has 27 heavy (non-hydrogen) atoms. The van der Waals surface area contributed by atoms with Crippen molar-refractivity contribution in [1.82, 2.24) is 14.7 Å². The van der Waals surface area contributed by atoms with Gasteiger partial charge in [-0.25, -0.2) is 0 Å². The highest BCUT2D eigenvalue weighted by molar-refractivity contribution is 5.92. The number of likely N-dealkylation sites (tertiary alicyclic amines) is 1. The number of nitrogens with one attached hydrogen (secondary N) is 1. The van der Waals surface area contributed by atoms with Crippen molar-refractivity contribution in [2.24, 2.45) is 5.92 Å². The van der Waals surface area contributed by atoms with Gasteiger partial charge in [0.1, 0.15) is 6.54 Å². The number of carbonyl (C=O) groups is 3. The number of carbonyl (C=O) groups excluding carboxylic acids is 2. The van der Waals surface area contributed by atoms with E-state index in [0.29, 0.717) is 31.7 Å². The monoisotopic (exact) mass is 370 g/mol. The topological polar surface area (TPSA) is 105 Å². The predicted molar refractivity (Wildman–Crippen MR) is 97.9 cm³/mol. The molecule has 1 fully saturated rings. The van der Waals surface area contributed by atoms with Gasteiger partial charge in [-0.3, -0.25) is 19.1 Å². The number of benzene rings is 1. The first-order chi connectivity index (χ1) is 13.0. The molecular weight excluding hydrogens is 348 g/mol. The van der Waals surface area contributed by atoms with Crippen LogP contribution < -0.4 is 5.32 Å². The summed E-state index contributed by atoms with van der Waals surface area (Å²) in [6.07, 6.45) is 3.30. The molecule has 0 spiro atoms. The summed E-state index contributed by atoms with van der Waals surface area (Å²) in [5.74, 6) is -1.18. The van der Waals surface area contributed by atoms with Crippen molar-refractivity contribution in [2.45, 2.75) is 25.8 Å². The zero-order chi connectivity index (χ0) is 19.2. The van der Waals surface area contributed by atoms with Crippen molar-refractivity contribution >= 4 is 23.6 Å². The van der Waals surface area contributed by atoms with Gasteiger partial charge in [0, 0.05) is 25.4 Å². The van der Waals surface area contributed by atoms with E-state index in [1.165, 1.54) is 10.9 Å². The van der Waals surface area contributed by atoms with Crippen molar-refractivity contribution in [3.8, 4) is 0 Å². The van der Waals surface area contributed by atoms with E-state index in [-0.39, 0.29) is 24.3 Å². The normalized spacial score (nSPS) is 16.7. The first-order valence-electron chi connectivity index (χ1n) is 8.89. The second-order valence-electron chi connectivity index (χ2n) is 6.62. The van der Waals surface area contributed by atoms with Gasteiger partial charge in [0.05, 0.1) is 12.3 Å². The number of carboxylic acid groups (broad SMARTS) is 1. The lowest BCUT2D eigenvalue weighted by Crippen LogP contribution is -2.44. The van der Waals surface area contributed by atoms with Gasteiger partial charge in [0.15, 0.2) is 5.82 Å². The van der Waals surface area contributed by atoms with Crippen LogP contribution in [0.1, 0.15) is 18.4 Å². The third-order valence-electron chi connectivity index (χ3n) is 4.53. The smallest absolute Gasteiger partial charge is 0.325 e. The number of nitrogens with zero attached hydrogens (tertiary/aromatic N) is 3. The molecule has 8 heteroatoms. The highest BCUT2D eigenvalue weighted by Gasteiger charge is 2.28. The maximum absolute atomic E-state index is 12.5. The lowest BCUT2D eigenvalue weighted by Gasteiger charge is -2.32. The standard InChI is InChI=1S/C19H22N4O4/c24-17(11-14-5-2-1-3-6-14)22-9-4-7-15(12-22)19(27)20-16-8-10-23(21-16)13-18(25)26/h1-3,5-6,8,10,15H,4,7,9,11-13H2,(H,25,26)(H,20,21,27). The minimum absolute atomic E-state index is 0.0180. The molecule has 2 heterocycles. The fraction of sp³-hybridized carbons (Fsp3) is 0.368. The van der Waals surface area contributed by atoms with E-state index in [1.54, 1.807) is 11.0 Å². The summed E-state index contributed by atoms with van der Waals surface area (Å²) in [5, 5.41) is 15.5. The van der Waals surface area contributed by atoms with Crippen LogP contribution in [0.5, 0.6) is 0 Å². The molecule has 0 saturated carbocycles. The summed E-state index contributed by atoms with van der Waals surface area (Å²) >= 11 is 0. The summed E-state index contributed by atoms with van der Waals surface area (Å²) in [5.41, 5.74) is 0.957. The molecule has 2 N–H and O–H groups in total. The summed E-state index contributed by atoms with van der Waals surface area (Å²) in [4.78, 5) is 37.5. The molecular formula is C19H22N4O4. The first kappa shape index (κ1) is 18.6. The molecule has 1 aromatic heterocycles. The maximum atomic E-state index is 12.5. The van der Waals surface area contributed by atoms with E-state index in [9.17, 15) is 14.4 Å². The van der Waals surface area contributed by atoms with E-state index in [1.807, 2.05) is 30.3 Å². The fourth-order valence-electron chi connectivity index (χ4n) is 3.18. The van der Waals surface area contributed by atoms with Gasteiger partial charge in [-0.15, -0.1) is 0 Å². The minimum atomic E-state index is -1.00. The largest absolute Gasteiger partial charge is 0.480 e. The second-order valence-corrected chi connectivity index (χ2v) is 6.62. The third-order valence-corrected chi connectivity index (χ3v) is 4.53. The van der Waals surface area contributed by atoms with E-state index in [0.717, 1.165) is 12.0 Å². The maximum Gasteiger partial charge on any atom is 0.325 e. The Morgan fingerprint density at radius 1 is 1.19 bits per heavy atom. The summed E-state index contributed by atoms with van der Waals surface area (Å²) < 4.78 is 1.24. The zero-order valence-electron chi connectivity index (χ0n) is 14.9. The number of piperidine rings is 1. The third kappa shape index (κ3) is 5.16. The molecule has 0 bridgehead atoms. The number of anilines is 1. The predicted octanol–water partition coefficient (Wildman–Crippen LogP) is 1.39. The van der Waals surface area contributed by atoms with E-state index in [2.05, 4.69) is 10.4 Å². The van der Waals surface area contributed by atoms with Crippen LogP contribution in [-0.4, -0.2) is 50.7 Å². The lowest BCUT2D eigenvalue weighted by atomic mass is 9.96. The van der Waals surface area contributed by atoms with E-state index >= 15 is 0 Å². The van der Waals surface area contributed by atoms with Crippen LogP contribution in [-0.2, 0) is 27.3 Å². The molecule has 1 unspecified atom stereocenters. The first-order valence-corrected chi connectivity index (χ1v) is 8.89. The second kappa shape index (κ2) is 8.48. The number of aromatic nitrogens is 2. The Balaban J connectivity index is 1.55. The Kier molecular flexibility index (Phi) is 5.85. The van der Waals surface area contributed by atoms with Crippen molar-refractivity contribution in [1.29, 1.82) is 0 Å². The van der Waals surface area contributed by atoms with Crippen LogP contribution >= 0.6 is 0 Å². The summed E-state index contributed by atoms with van der Waals surface area (Å²) in [6.45, 7) is 0.775. The van der Waals surface area contributed by atoms with E-state index < -0.39 is 5.97 Å². The van der Waals surface area contributed by atoms with Crippen LogP contribution in [0.2, 0.25) is 0 Å². The Hall–Kier alpha value is -3.16. The zero-order valence-corrected chi connectivity index (χ0v) is 14.9. The Morgan fingerprint density at radius 3 is 2.70 bits per heavy atom. The Bertz CT molecular complexity index is 818. The van der Waals surface area contributed by atoms with Crippen LogP contribution in [0.3, 0.4) is 0 Å². The highest BCUT2D eigenvalue weighted by Crippen LogP contribution is 2.19. The van der Waals surface area contributed by atoms with Crippen molar-refractivity contribution in [2.75, 3.05) is 18.4 Å². The van der Waals surface area contributed by atoms with Crippen molar-refractivity contribution in [3.63, 3.8) is 0 Å². The molecule has 0 aliphatic carbocycles. The van der Waals surface area contributed by atoms with Gasteiger partial charge in [0.2, 0.25) is 11.8 Å². The van der Waals surface area contributed by atoms with Crippen LogP contribution in [0.15, 0.2) is 42.6 Å². The fourth-order valence-corrected chi connectivity index (χ4v) is 3.18. The van der Waals surface area contributed by atoms with Crippen molar-refractivity contribution in [3.05, 3.63) is 48.2 Å². The molecule has 142 valence electrons. The molecule has 2 aromatic rings. The average Bonchev–Trinajstić information content (AvgIpc) is 3.08. The number of aliphatic carboxylic acids is 1. The number of rotatable bonds is 6. The van der Waals surface area contributed by atoms with Gasteiger partial charge in [-0.05, 0) is 18.4 Å². The van der Waals surface area contributed by atoms with Crippen LogP contribution in [0.4, 0.5) is 5.82 Å². The quantitative estimate of drug-likeness (QED) is 0.799. The molecule has 1 aliphatic rings.